The van der Waals surface area contributed by atoms with Crippen LogP contribution in [0.15, 0.2) is 12.3 Å². The molecule has 4 nitrogen and oxygen atoms in total. The third-order valence-electron chi connectivity index (χ3n) is 1.37. The van der Waals surface area contributed by atoms with Crippen LogP contribution in [0.4, 0.5) is 5.95 Å². The van der Waals surface area contributed by atoms with Gasteiger partial charge in [0.15, 0.2) is 0 Å². The molecule has 1 aromatic rings. The number of nitrogen functional groups attached to an aromatic ring is 1. The van der Waals surface area contributed by atoms with Crippen molar-refractivity contribution in [3.63, 3.8) is 0 Å². The fourth-order valence-corrected chi connectivity index (χ4v) is 0.978. The van der Waals surface area contributed by atoms with Crippen LogP contribution in [0.2, 0.25) is 0 Å². The largest absolute Gasteiger partial charge is 0.368 e. The molecule has 1 aromatic heterocycles. The Morgan fingerprint density at radius 2 is 2.17 bits per heavy atom. The third kappa shape index (κ3) is 2.84. The van der Waals surface area contributed by atoms with Gasteiger partial charge in [-0.15, -0.1) is 0 Å². The number of aromatic nitrogens is 2. The summed E-state index contributed by atoms with van der Waals surface area (Å²) >= 11 is 0. The van der Waals surface area contributed by atoms with Gasteiger partial charge in [0.1, 0.15) is 0 Å². The molecule has 12 heavy (non-hydrogen) atoms. The van der Waals surface area contributed by atoms with Crippen molar-refractivity contribution in [1.29, 1.82) is 0 Å². The number of nitrogens with two attached hydrogens (primary N) is 2. The van der Waals surface area contributed by atoms with E-state index in [2.05, 4.69) is 9.97 Å². The number of hydrogen-bond acceptors (Lipinski definition) is 4. The maximum atomic E-state index is 5.82. The molecule has 0 fully saturated rings. The number of nitrogens with zero attached hydrogens (tertiary/aromatic N) is 2. The minimum absolute atomic E-state index is 0.249. The summed E-state index contributed by atoms with van der Waals surface area (Å²) in [6.45, 7) is 3.90. The summed E-state index contributed by atoms with van der Waals surface area (Å²) in [6, 6.07) is 1.82. The van der Waals surface area contributed by atoms with Crippen molar-refractivity contribution in [3.8, 4) is 0 Å². The van der Waals surface area contributed by atoms with Gasteiger partial charge in [-0.05, 0) is 19.9 Å². The Morgan fingerprint density at radius 3 is 2.67 bits per heavy atom. The summed E-state index contributed by atoms with van der Waals surface area (Å²) in [4.78, 5) is 7.84. The Bertz CT molecular complexity index is 264. The first-order valence-corrected chi connectivity index (χ1v) is 3.84. The first kappa shape index (κ1) is 8.93. The van der Waals surface area contributed by atoms with Gasteiger partial charge < -0.3 is 11.5 Å². The molecule has 66 valence electrons. The Kier molecular flexibility index (Phi) is 2.28. The van der Waals surface area contributed by atoms with E-state index in [0.29, 0.717) is 12.4 Å². The number of hydrogen-bond donors (Lipinski definition) is 2. The van der Waals surface area contributed by atoms with Gasteiger partial charge in [-0.3, -0.25) is 0 Å². The highest BCUT2D eigenvalue weighted by Gasteiger charge is 2.12. The van der Waals surface area contributed by atoms with Crippen LogP contribution >= 0.6 is 0 Å². The Morgan fingerprint density at radius 1 is 1.50 bits per heavy atom. The molecule has 0 amide bonds. The maximum Gasteiger partial charge on any atom is 0.220 e. The van der Waals surface area contributed by atoms with E-state index in [1.807, 2.05) is 19.9 Å². The molecule has 0 aromatic carbocycles. The van der Waals surface area contributed by atoms with Gasteiger partial charge in [-0.1, -0.05) is 0 Å². The molecule has 1 rings (SSSR count). The van der Waals surface area contributed by atoms with Crippen molar-refractivity contribution >= 4 is 5.95 Å². The van der Waals surface area contributed by atoms with Gasteiger partial charge in [-0.2, -0.15) is 0 Å². The van der Waals surface area contributed by atoms with Gasteiger partial charge in [0.25, 0.3) is 0 Å². The molecular weight excluding hydrogens is 152 g/mol. The molecule has 0 bridgehead atoms. The Labute approximate surface area is 72.0 Å². The highest BCUT2D eigenvalue weighted by Crippen LogP contribution is 2.07. The van der Waals surface area contributed by atoms with Crippen molar-refractivity contribution in [2.75, 3.05) is 5.73 Å². The van der Waals surface area contributed by atoms with E-state index in [1.165, 1.54) is 0 Å². The summed E-state index contributed by atoms with van der Waals surface area (Å²) in [5, 5.41) is 0. The van der Waals surface area contributed by atoms with E-state index >= 15 is 0 Å². The molecule has 4 N–H and O–H groups in total. The van der Waals surface area contributed by atoms with Crippen LogP contribution in [0.3, 0.4) is 0 Å². The van der Waals surface area contributed by atoms with Crippen molar-refractivity contribution in [2.45, 2.75) is 25.8 Å². The molecule has 0 saturated heterocycles. The second-order valence-electron chi connectivity index (χ2n) is 3.57. The second-order valence-corrected chi connectivity index (χ2v) is 3.57. The predicted molar refractivity (Wildman–Crippen MR) is 48.4 cm³/mol. The second kappa shape index (κ2) is 3.06. The molecule has 0 aliphatic rings. The summed E-state index contributed by atoms with van der Waals surface area (Å²) in [5.41, 5.74) is 11.9. The molecule has 4 heteroatoms. The summed E-state index contributed by atoms with van der Waals surface area (Å²) < 4.78 is 0. The van der Waals surface area contributed by atoms with Gasteiger partial charge in [0, 0.05) is 23.9 Å². The van der Waals surface area contributed by atoms with Crippen molar-refractivity contribution in [1.82, 2.24) is 9.97 Å². The third-order valence-corrected chi connectivity index (χ3v) is 1.37. The van der Waals surface area contributed by atoms with Crippen molar-refractivity contribution < 1.29 is 0 Å². The van der Waals surface area contributed by atoms with E-state index in [1.54, 1.807) is 6.20 Å². The van der Waals surface area contributed by atoms with Crippen LogP contribution in [0.1, 0.15) is 19.5 Å². The summed E-state index contributed by atoms with van der Waals surface area (Å²) in [6.07, 6.45) is 2.35. The molecule has 0 aliphatic heterocycles. The lowest BCUT2D eigenvalue weighted by molar-refractivity contribution is 0.510. The predicted octanol–water partition coefficient (Wildman–Crippen LogP) is 0.339. The van der Waals surface area contributed by atoms with Gasteiger partial charge in [-0.25, -0.2) is 9.97 Å². The lowest BCUT2D eigenvalue weighted by atomic mass is 10.0. The zero-order valence-electron chi connectivity index (χ0n) is 7.41. The average molecular weight is 166 g/mol. The zero-order chi connectivity index (χ0) is 9.19. The molecule has 0 saturated carbocycles. The van der Waals surface area contributed by atoms with E-state index in [0.717, 1.165) is 5.69 Å². The average Bonchev–Trinajstić information content (AvgIpc) is 1.82. The Balaban J connectivity index is 2.77. The highest BCUT2D eigenvalue weighted by atomic mass is 15.0. The maximum absolute atomic E-state index is 5.82. The molecule has 0 aliphatic carbocycles. The van der Waals surface area contributed by atoms with Crippen LogP contribution in [0.25, 0.3) is 0 Å². The molecular formula is C8H14N4. The number of rotatable bonds is 2. The van der Waals surface area contributed by atoms with Crippen molar-refractivity contribution in [2.24, 2.45) is 5.73 Å². The standard InChI is InChI=1S/C8H14N4/c1-8(2,10)5-6-3-4-11-7(9)12-6/h3-4H,5,10H2,1-2H3,(H2,9,11,12). The van der Waals surface area contributed by atoms with Crippen molar-refractivity contribution in [3.05, 3.63) is 18.0 Å². The molecule has 0 radical (unpaired) electrons. The monoisotopic (exact) mass is 166 g/mol. The lowest BCUT2D eigenvalue weighted by Crippen LogP contribution is -2.34. The Hall–Kier alpha value is -1.16. The van der Waals surface area contributed by atoms with Crippen LogP contribution in [-0.2, 0) is 6.42 Å². The van der Waals surface area contributed by atoms with E-state index < -0.39 is 0 Å². The van der Waals surface area contributed by atoms with E-state index in [-0.39, 0.29) is 5.54 Å². The SMILES string of the molecule is CC(C)(N)Cc1ccnc(N)n1. The molecule has 1 heterocycles. The molecule has 0 atom stereocenters. The minimum Gasteiger partial charge on any atom is -0.368 e. The molecule has 0 unspecified atom stereocenters. The summed E-state index contributed by atoms with van der Waals surface area (Å²) in [7, 11) is 0. The lowest BCUT2D eigenvalue weighted by Gasteiger charge is -2.17. The minimum atomic E-state index is -0.249. The van der Waals surface area contributed by atoms with Gasteiger partial charge in [0.2, 0.25) is 5.95 Å². The zero-order valence-corrected chi connectivity index (χ0v) is 7.41. The topological polar surface area (TPSA) is 77.8 Å². The van der Waals surface area contributed by atoms with Crippen LogP contribution in [0.5, 0.6) is 0 Å². The van der Waals surface area contributed by atoms with Crippen LogP contribution in [0, 0.1) is 0 Å². The molecule has 0 spiro atoms. The van der Waals surface area contributed by atoms with E-state index in [4.69, 9.17) is 11.5 Å². The van der Waals surface area contributed by atoms with Gasteiger partial charge in [0.05, 0.1) is 0 Å². The number of anilines is 1. The fourth-order valence-electron chi connectivity index (χ4n) is 0.978. The first-order valence-electron chi connectivity index (χ1n) is 3.84. The smallest absolute Gasteiger partial charge is 0.220 e. The quantitative estimate of drug-likeness (QED) is 0.664. The normalized spacial score (nSPS) is 11.6. The van der Waals surface area contributed by atoms with Crippen LogP contribution in [-0.4, -0.2) is 15.5 Å². The highest BCUT2D eigenvalue weighted by molar-refractivity contribution is 5.18. The van der Waals surface area contributed by atoms with Gasteiger partial charge >= 0.3 is 0 Å². The van der Waals surface area contributed by atoms with Crippen LogP contribution < -0.4 is 11.5 Å². The first-order chi connectivity index (χ1) is 5.47. The fraction of sp³-hybridized carbons (Fsp3) is 0.500. The van der Waals surface area contributed by atoms with E-state index in [9.17, 15) is 0 Å². The summed E-state index contributed by atoms with van der Waals surface area (Å²) in [5.74, 6) is 0.303.